The van der Waals surface area contributed by atoms with E-state index in [0.29, 0.717) is 13.0 Å². The predicted octanol–water partition coefficient (Wildman–Crippen LogP) is -1.00. The maximum atomic E-state index is 8.41. The largest absolute Gasteiger partial charge is 0.379 e. The summed E-state index contributed by atoms with van der Waals surface area (Å²) in [5.74, 6) is 0. The van der Waals surface area contributed by atoms with E-state index in [1.54, 1.807) is 0 Å². The minimum absolute atomic E-state index is 0. The van der Waals surface area contributed by atoms with Crippen molar-refractivity contribution in [2.75, 3.05) is 6.54 Å². The van der Waals surface area contributed by atoms with Crippen LogP contribution in [-0.4, -0.2) is 17.9 Å². The smallest absolute Gasteiger partial charge is 0.102 e. The molecule has 1 unspecified atom stereocenters. The molecule has 1 radical (unpaired) electrons. The van der Waals surface area contributed by atoms with E-state index in [2.05, 4.69) is 0 Å². The summed E-state index contributed by atoms with van der Waals surface area (Å²) < 4.78 is 0. The van der Waals surface area contributed by atoms with Crippen molar-refractivity contribution in [2.45, 2.75) is 19.1 Å². The van der Waals surface area contributed by atoms with Gasteiger partial charge in [0.05, 0.1) is 0 Å². The number of hydrogen-bond acceptors (Lipinski definition) is 3. The van der Waals surface area contributed by atoms with Crippen LogP contribution in [0.5, 0.6) is 0 Å². The Kier molecular flexibility index (Phi) is 10.4. The van der Waals surface area contributed by atoms with Gasteiger partial charge in [0.25, 0.3) is 0 Å². The van der Waals surface area contributed by atoms with Crippen molar-refractivity contribution in [3.63, 3.8) is 0 Å². The molecule has 0 aromatic carbocycles. The second-order valence-electron chi connectivity index (χ2n) is 1.50. The molecule has 0 aromatic rings. The Labute approximate surface area is 59.9 Å². The van der Waals surface area contributed by atoms with Gasteiger partial charge >= 0.3 is 0 Å². The average molecular weight is 168 g/mol. The molecule has 0 rings (SSSR count). The number of aliphatic hydroxyl groups is 1. The molecule has 8 heavy (non-hydrogen) atoms. The monoisotopic (exact) mass is 167 g/mol. The standard InChI is InChI=1S/C4H12N2O.Cu/c5-3-1-2-4(6)7;/h4,7H,1-3,5-6H2;. The van der Waals surface area contributed by atoms with Gasteiger partial charge < -0.3 is 16.6 Å². The molecule has 0 saturated carbocycles. The molecule has 0 aliphatic heterocycles. The zero-order valence-corrected chi connectivity index (χ0v) is 5.54. The molecule has 55 valence electrons. The Morgan fingerprint density at radius 1 is 1.50 bits per heavy atom. The maximum Gasteiger partial charge on any atom is 0.102 e. The molecular formula is C4H12CuN2O. The second-order valence-corrected chi connectivity index (χ2v) is 1.50. The maximum absolute atomic E-state index is 8.41. The molecule has 1 atom stereocenters. The van der Waals surface area contributed by atoms with Gasteiger partial charge in [-0.2, -0.15) is 0 Å². The van der Waals surface area contributed by atoms with E-state index in [-0.39, 0.29) is 17.1 Å². The van der Waals surface area contributed by atoms with Crippen LogP contribution in [-0.2, 0) is 17.1 Å². The molecule has 5 N–H and O–H groups in total. The van der Waals surface area contributed by atoms with Crippen molar-refractivity contribution in [1.29, 1.82) is 0 Å². The molecule has 0 aliphatic rings. The summed E-state index contributed by atoms with van der Waals surface area (Å²) in [5.41, 5.74) is 10.1. The number of nitrogens with two attached hydrogens (primary N) is 2. The summed E-state index contributed by atoms with van der Waals surface area (Å²) in [4.78, 5) is 0. The first-order valence-corrected chi connectivity index (χ1v) is 2.41. The quantitative estimate of drug-likeness (QED) is 0.373. The molecule has 0 aliphatic carbocycles. The zero-order valence-electron chi connectivity index (χ0n) is 4.60. The molecule has 0 fully saturated rings. The summed E-state index contributed by atoms with van der Waals surface area (Å²) >= 11 is 0. The molecule has 3 nitrogen and oxygen atoms in total. The van der Waals surface area contributed by atoms with Gasteiger partial charge in [-0.15, -0.1) is 0 Å². The van der Waals surface area contributed by atoms with Crippen LogP contribution in [0.1, 0.15) is 12.8 Å². The van der Waals surface area contributed by atoms with Gasteiger partial charge in [0.15, 0.2) is 0 Å². The first-order chi connectivity index (χ1) is 3.27. The fraction of sp³-hybridized carbons (Fsp3) is 1.00. The molecule has 0 bridgehead atoms. The number of hydrogen-bond donors (Lipinski definition) is 3. The van der Waals surface area contributed by atoms with Crippen LogP contribution < -0.4 is 11.5 Å². The van der Waals surface area contributed by atoms with Crippen LogP contribution in [0.3, 0.4) is 0 Å². The van der Waals surface area contributed by atoms with Gasteiger partial charge in [0.2, 0.25) is 0 Å². The molecule has 4 heteroatoms. The van der Waals surface area contributed by atoms with Gasteiger partial charge in [-0.05, 0) is 19.4 Å². The minimum Gasteiger partial charge on any atom is -0.379 e. The van der Waals surface area contributed by atoms with Crippen molar-refractivity contribution < 1.29 is 22.2 Å². The van der Waals surface area contributed by atoms with Crippen LogP contribution in [0.15, 0.2) is 0 Å². The van der Waals surface area contributed by atoms with E-state index >= 15 is 0 Å². The van der Waals surface area contributed by atoms with Crippen LogP contribution in [0.4, 0.5) is 0 Å². The zero-order chi connectivity index (χ0) is 5.70. The Morgan fingerprint density at radius 2 is 2.00 bits per heavy atom. The van der Waals surface area contributed by atoms with Crippen molar-refractivity contribution in [2.24, 2.45) is 11.5 Å². The van der Waals surface area contributed by atoms with Crippen LogP contribution in [0, 0.1) is 0 Å². The SMILES string of the molecule is NCCCC(N)O.[Cu]. The molecule has 0 saturated heterocycles. The first-order valence-electron chi connectivity index (χ1n) is 2.41. The third-order valence-corrected chi connectivity index (χ3v) is 0.704. The summed E-state index contributed by atoms with van der Waals surface area (Å²) in [6, 6.07) is 0. The van der Waals surface area contributed by atoms with Crippen molar-refractivity contribution in [1.82, 2.24) is 0 Å². The third-order valence-electron chi connectivity index (χ3n) is 0.704. The molecule has 0 spiro atoms. The van der Waals surface area contributed by atoms with Gasteiger partial charge in [0.1, 0.15) is 6.23 Å². The van der Waals surface area contributed by atoms with Crippen molar-refractivity contribution >= 4 is 0 Å². The van der Waals surface area contributed by atoms with E-state index in [9.17, 15) is 0 Å². The van der Waals surface area contributed by atoms with E-state index in [4.69, 9.17) is 16.6 Å². The van der Waals surface area contributed by atoms with Crippen molar-refractivity contribution in [3.8, 4) is 0 Å². The number of aliphatic hydroxyl groups excluding tert-OH is 1. The van der Waals surface area contributed by atoms with Gasteiger partial charge in [0, 0.05) is 17.1 Å². The first kappa shape index (κ1) is 11.2. The normalized spacial score (nSPS) is 12.4. The topological polar surface area (TPSA) is 72.3 Å². The van der Waals surface area contributed by atoms with E-state index in [1.807, 2.05) is 0 Å². The number of rotatable bonds is 3. The Hall–Kier alpha value is 0.399. The summed E-state index contributed by atoms with van der Waals surface area (Å²) in [5, 5.41) is 8.41. The fourth-order valence-corrected chi connectivity index (χ4v) is 0.327. The van der Waals surface area contributed by atoms with E-state index in [0.717, 1.165) is 6.42 Å². The van der Waals surface area contributed by atoms with E-state index < -0.39 is 6.23 Å². The Bertz CT molecular complexity index is 43.0. The Balaban J connectivity index is 0. The average Bonchev–Trinajstić information content (AvgIpc) is 1.61. The van der Waals surface area contributed by atoms with Gasteiger partial charge in [-0.25, -0.2) is 0 Å². The summed E-state index contributed by atoms with van der Waals surface area (Å²) in [6.45, 7) is 0.605. The minimum atomic E-state index is -0.677. The van der Waals surface area contributed by atoms with Crippen LogP contribution >= 0.6 is 0 Å². The van der Waals surface area contributed by atoms with Crippen molar-refractivity contribution in [3.05, 3.63) is 0 Å². The fourth-order valence-electron chi connectivity index (χ4n) is 0.327. The van der Waals surface area contributed by atoms with Crippen LogP contribution in [0.25, 0.3) is 0 Å². The Morgan fingerprint density at radius 3 is 2.12 bits per heavy atom. The molecular weight excluding hydrogens is 156 g/mol. The molecule has 0 amide bonds. The third kappa shape index (κ3) is 9.64. The predicted molar refractivity (Wildman–Crippen MR) is 28.5 cm³/mol. The second kappa shape index (κ2) is 7.40. The van der Waals surface area contributed by atoms with Gasteiger partial charge in [-0.3, -0.25) is 0 Å². The van der Waals surface area contributed by atoms with E-state index in [1.165, 1.54) is 0 Å². The summed E-state index contributed by atoms with van der Waals surface area (Å²) in [7, 11) is 0. The van der Waals surface area contributed by atoms with Gasteiger partial charge in [-0.1, -0.05) is 0 Å². The molecule has 0 heterocycles. The molecule has 0 aromatic heterocycles. The summed E-state index contributed by atoms with van der Waals surface area (Å²) in [6.07, 6.45) is 0.734. The van der Waals surface area contributed by atoms with Crippen LogP contribution in [0.2, 0.25) is 0 Å².